The maximum atomic E-state index is 13.6. The highest BCUT2D eigenvalue weighted by Crippen LogP contribution is 2.24. The molecule has 1 aromatic carbocycles. The van der Waals surface area contributed by atoms with Crippen LogP contribution in [0.2, 0.25) is 5.02 Å². The Kier molecular flexibility index (Phi) is 2.57. The van der Waals surface area contributed by atoms with E-state index in [1.165, 1.54) is 18.2 Å². The summed E-state index contributed by atoms with van der Waals surface area (Å²) in [4.78, 5) is 20.3. The van der Waals surface area contributed by atoms with Crippen LogP contribution in [0.3, 0.4) is 0 Å². The van der Waals surface area contributed by atoms with Crippen molar-refractivity contribution in [2.24, 2.45) is 0 Å². The van der Waals surface area contributed by atoms with Crippen molar-refractivity contribution < 1.29 is 4.39 Å². The number of nitrogens with two attached hydrogens (primary N) is 1. The lowest BCUT2D eigenvalue weighted by atomic mass is 10.2. The molecule has 3 N–H and O–H groups in total. The van der Waals surface area contributed by atoms with Gasteiger partial charge in [-0.1, -0.05) is 17.7 Å². The molecule has 2 rings (SSSR count). The van der Waals surface area contributed by atoms with Crippen molar-refractivity contribution in [2.75, 3.05) is 5.73 Å². The van der Waals surface area contributed by atoms with Crippen LogP contribution in [0.25, 0.3) is 11.4 Å². The van der Waals surface area contributed by atoms with Crippen molar-refractivity contribution in [1.29, 1.82) is 0 Å². The Morgan fingerprint density at radius 3 is 2.81 bits per heavy atom. The highest BCUT2D eigenvalue weighted by molar-refractivity contribution is 6.31. The molecule has 0 amide bonds. The summed E-state index contributed by atoms with van der Waals surface area (Å²) >= 11 is 5.60. The zero-order valence-corrected chi connectivity index (χ0v) is 8.62. The quantitative estimate of drug-likeness (QED) is 0.785. The van der Waals surface area contributed by atoms with Crippen LogP contribution in [0, 0.1) is 5.82 Å². The number of nitrogen functional groups attached to an aromatic ring is 1. The number of hydrogen-bond donors (Lipinski definition) is 2. The molecular formula is C9H6ClFN4O. The summed E-state index contributed by atoms with van der Waals surface area (Å²) in [6, 6.07) is 4.36. The predicted octanol–water partition coefficient (Wildman–Crippen LogP) is 1.21. The SMILES string of the molecule is Nc1nc(-c2cccc(Cl)c2F)[nH]c(=O)n1. The molecule has 5 nitrogen and oxygen atoms in total. The third-order valence-corrected chi connectivity index (χ3v) is 2.17. The molecule has 7 heteroatoms. The van der Waals surface area contributed by atoms with Gasteiger partial charge in [-0.2, -0.15) is 9.97 Å². The molecule has 0 aliphatic heterocycles. The monoisotopic (exact) mass is 240 g/mol. The van der Waals surface area contributed by atoms with Gasteiger partial charge in [0.25, 0.3) is 0 Å². The molecule has 0 fully saturated rings. The molecule has 0 bridgehead atoms. The number of halogens is 2. The third kappa shape index (κ3) is 1.87. The minimum absolute atomic E-state index is 0.00231. The molecule has 2 aromatic rings. The van der Waals surface area contributed by atoms with E-state index >= 15 is 0 Å². The Balaban J connectivity index is 2.67. The van der Waals surface area contributed by atoms with E-state index in [9.17, 15) is 9.18 Å². The zero-order chi connectivity index (χ0) is 11.7. The molecule has 0 saturated carbocycles. The van der Waals surface area contributed by atoms with E-state index in [1.807, 2.05) is 0 Å². The maximum Gasteiger partial charge on any atom is 0.349 e. The Bertz CT molecular complexity index is 598. The topological polar surface area (TPSA) is 84.7 Å². The van der Waals surface area contributed by atoms with Crippen molar-refractivity contribution in [1.82, 2.24) is 15.0 Å². The number of aromatic nitrogens is 3. The first-order valence-electron chi connectivity index (χ1n) is 4.26. The van der Waals surface area contributed by atoms with Crippen LogP contribution in [0.1, 0.15) is 0 Å². The first-order chi connectivity index (χ1) is 7.58. The fourth-order valence-corrected chi connectivity index (χ4v) is 1.39. The summed E-state index contributed by atoms with van der Waals surface area (Å²) < 4.78 is 13.6. The van der Waals surface area contributed by atoms with Crippen molar-refractivity contribution >= 4 is 17.5 Å². The van der Waals surface area contributed by atoms with E-state index in [1.54, 1.807) is 0 Å². The molecule has 0 aliphatic rings. The lowest BCUT2D eigenvalue weighted by molar-refractivity contribution is 0.630. The van der Waals surface area contributed by atoms with Gasteiger partial charge in [0.1, 0.15) is 5.82 Å². The minimum Gasteiger partial charge on any atom is -0.368 e. The van der Waals surface area contributed by atoms with Crippen LogP contribution in [0.5, 0.6) is 0 Å². The summed E-state index contributed by atoms with van der Waals surface area (Å²) in [5, 5.41) is -0.0597. The number of benzene rings is 1. The van der Waals surface area contributed by atoms with Crippen molar-refractivity contribution in [3.8, 4) is 11.4 Å². The van der Waals surface area contributed by atoms with Crippen LogP contribution in [-0.4, -0.2) is 15.0 Å². The number of H-pyrrole nitrogens is 1. The van der Waals surface area contributed by atoms with Crippen LogP contribution < -0.4 is 11.4 Å². The van der Waals surface area contributed by atoms with Gasteiger partial charge in [-0.05, 0) is 12.1 Å². The van der Waals surface area contributed by atoms with E-state index in [2.05, 4.69) is 15.0 Å². The summed E-state index contributed by atoms with van der Waals surface area (Å²) in [6.07, 6.45) is 0. The molecule has 1 heterocycles. The van der Waals surface area contributed by atoms with Gasteiger partial charge in [-0.25, -0.2) is 9.18 Å². The van der Waals surface area contributed by atoms with Gasteiger partial charge in [-0.15, -0.1) is 0 Å². The molecule has 82 valence electrons. The van der Waals surface area contributed by atoms with E-state index in [0.717, 1.165) is 0 Å². The normalized spacial score (nSPS) is 10.4. The lowest BCUT2D eigenvalue weighted by Gasteiger charge is -2.03. The zero-order valence-electron chi connectivity index (χ0n) is 7.87. The molecule has 0 saturated heterocycles. The van der Waals surface area contributed by atoms with Crippen molar-refractivity contribution in [2.45, 2.75) is 0 Å². The van der Waals surface area contributed by atoms with Crippen LogP contribution in [0.4, 0.5) is 10.3 Å². The molecule has 0 unspecified atom stereocenters. The molecule has 0 atom stereocenters. The highest BCUT2D eigenvalue weighted by Gasteiger charge is 2.11. The first-order valence-corrected chi connectivity index (χ1v) is 4.64. The Morgan fingerprint density at radius 1 is 1.38 bits per heavy atom. The third-order valence-electron chi connectivity index (χ3n) is 1.87. The van der Waals surface area contributed by atoms with Crippen LogP contribution in [0.15, 0.2) is 23.0 Å². The average molecular weight is 241 g/mol. The Hall–Kier alpha value is -1.95. The largest absolute Gasteiger partial charge is 0.368 e. The Morgan fingerprint density at radius 2 is 2.12 bits per heavy atom. The molecule has 0 aliphatic carbocycles. The van der Waals surface area contributed by atoms with E-state index < -0.39 is 11.5 Å². The van der Waals surface area contributed by atoms with Gasteiger partial charge in [0.2, 0.25) is 5.95 Å². The molecule has 1 aromatic heterocycles. The second-order valence-corrected chi connectivity index (χ2v) is 3.37. The van der Waals surface area contributed by atoms with Crippen molar-refractivity contribution in [3.05, 3.63) is 39.5 Å². The fourth-order valence-electron chi connectivity index (χ4n) is 1.22. The second-order valence-electron chi connectivity index (χ2n) is 2.96. The molecule has 0 spiro atoms. The predicted molar refractivity (Wildman–Crippen MR) is 57.5 cm³/mol. The standard InChI is InChI=1S/C9H6ClFN4O/c10-5-3-1-2-4(6(5)11)7-13-8(12)15-9(16)14-7/h1-3H,(H3,12,13,14,15,16). The van der Waals surface area contributed by atoms with Gasteiger partial charge in [0.15, 0.2) is 5.82 Å². The highest BCUT2D eigenvalue weighted by atomic mass is 35.5. The van der Waals surface area contributed by atoms with E-state index in [-0.39, 0.29) is 22.4 Å². The van der Waals surface area contributed by atoms with Gasteiger partial charge < -0.3 is 5.73 Å². The van der Waals surface area contributed by atoms with E-state index in [4.69, 9.17) is 17.3 Å². The summed E-state index contributed by atoms with van der Waals surface area (Å²) in [5.41, 5.74) is 4.66. The summed E-state index contributed by atoms with van der Waals surface area (Å²) in [5.74, 6) is -0.895. The maximum absolute atomic E-state index is 13.6. The van der Waals surface area contributed by atoms with Crippen LogP contribution >= 0.6 is 11.6 Å². The minimum atomic E-state index is -0.693. The van der Waals surface area contributed by atoms with Gasteiger partial charge in [0, 0.05) is 0 Å². The number of nitrogens with one attached hydrogen (secondary N) is 1. The van der Waals surface area contributed by atoms with Gasteiger partial charge in [0.05, 0.1) is 10.6 Å². The number of rotatable bonds is 1. The molecular weight excluding hydrogens is 235 g/mol. The second kappa shape index (κ2) is 3.90. The van der Waals surface area contributed by atoms with Crippen molar-refractivity contribution in [3.63, 3.8) is 0 Å². The summed E-state index contributed by atoms with van der Waals surface area (Å²) in [6.45, 7) is 0. The smallest absolute Gasteiger partial charge is 0.349 e. The van der Waals surface area contributed by atoms with E-state index in [0.29, 0.717) is 0 Å². The number of nitrogens with zero attached hydrogens (tertiary/aromatic N) is 2. The number of anilines is 1. The summed E-state index contributed by atoms with van der Waals surface area (Å²) in [7, 11) is 0. The van der Waals surface area contributed by atoms with Gasteiger partial charge in [-0.3, -0.25) is 4.98 Å². The molecule has 0 radical (unpaired) electrons. The van der Waals surface area contributed by atoms with Crippen LogP contribution in [-0.2, 0) is 0 Å². The average Bonchev–Trinajstić information content (AvgIpc) is 2.20. The lowest BCUT2D eigenvalue weighted by Crippen LogP contribution is -2.15. The number of aromatic amines is 1. The Labute approximate surface area is 94.1 Å². The fraction of sp³-hybridized carbons (Fsp3) is 0. The van der Waals surface area contributed by atoms with Gasteiger partial charge >= 0.3 is 5.69 Å². The first kappa shape index (κ1) is 10.6. The molecule has 16 heavy (non-hydrogen) atoms. The number of hydrogen-bond acceptors (Lipinski definition) is 4.